The van der Waals surface area contributed by atoms with Crippen molar-refractivity contribution in [2.75, 3.05) is 6.54 Å². The summed E-state index contributed by atoms with van der Waals surface area (Å²) in [5.41, 5.74) is 16.5. The van der Waals surface area contributed by atoms with E-state index < -0.39 is 0 Å². The fourth-order valence-corrected chi connectivity index (χ4v) is 0.952. The monoisotopic (exact) mass is 186 g/mol. The number of aliphatic imine (C=N–C) groups is 1. The molecule has 0 spiro atoms. The third-order valence-corrected chi connectivity index (χ3v) is 2.08. The molecule has 4 nitrogen and oxygen atoms in total. The quantitative estimate of drug-likeness (QED) is 0.337. The molecule has 6 N–H and O–H groups in total. The molecule has 0 aliphatic carbocycles. The molecule has 0 saturated heterocycles. The Hall–Kier alpha value is -0.770. The highest BCUT2D eigenvalue weighted by atomic mass is 15.0. The normalized spacial score (nSPS) is 13.8. The number of hydrogen-bond acceptors (Lipinski definition) is 2. The van der Waals surface area contributed by atoms with Gasteiger partial charge in [0.25, 0.3) is 0 Å². The first-order chi connectivity index (χ1) is 5.84. The summed E-state index contributed by atoms with van der Waals surface area (Å²) in [4.78, 5) is 3.90. The predicted octanol–water partition coefficient (Wildman–Crippen LogP) is 0.413. The Morgan fingerprint density at radius 3 is 2.23 bits per heavy atom. The van der Waals surface area contributed by atoms with Crippen molar-refractivity contribution in [2.45, 2.75) is 39.7 Å². The minimum atomic E-state index is 0.157. The van der Waals surface area contributed by atoms with E-state index in [0.717, 1.165) is 12.8 Å². The van der Waals surface area contributed by atoms with E-state index in [1.807, 2.05) is 0 Å². The van der Waals surface area contributed by atoms with Crippen LogP contribution in [0.1, 0.15) is 33.6 Å². The van der Waals surface area contributed by atoms with E-state index >= 15 is 0 Å². The predicted molar refractivity (Wildman–Crippen MR) is 57.3 cm³/mol. The molecule has 0 amide bonds. The lowest BCUT2D eigenvalue weighted by Crippen LogP contribution is -2.35. The van der Waals surface area contributed by atoms with Crippen LogP contribution in [0, 0.1) is 5.41 Å². The first-order valence-electron chi connectivity index (χ1n) is 4.65. The second-order valence-electron chi connectivity index (χ2n) is 4.42. The Bertz CT molecular complexity index is 165. The van der Waals surface area contributed by atoms with Crippen LogP contribution < -0.4 is 17.2 Å². The molecule has 0 aromatic rings. The van der Waals surface area contributed by atoms with Crippen LogP contribution in [0.4, 0.5) is 0 Å². The molecule has 1 atom stereocenters. The maximum atomic E-state index is 5.96. The van der Waals surface area contributed by atoms with Crippen molar-refractivity contribution < 1.29 is 0 Å². The van der Waals surface area contributed by atoms with E-state index in [1.165, 1.54) is 0 Å². The highest BCUT2D eigenvalue weighted by Gasteiger charge is 2.19. The molecule has 13 heavy (non-hydrogen) atoms. The van der Waals surface area contributed by atoms with Crippen LogP contribution >= 0.6 is 0 Å². The number of hydrogen-bond donors (Lipinski definition) is 3. The Kier molecular flexibility index (Phi) is 4.77. The summed E-state index contributed by atoms with van der Waals surface area (Å²) in [5.74, 6) is 0.157. The molecule has 0 aliphatic heterocycles. The van der Waals surface area contributed by atoms with Gasteiger partial charge in [-0.3, -0.25) is 4.99 Å². The molecule has 0 aliphatic rings. The van der Waals surface area contributed by atoms with Gasteiger partial charge in [-0.25, -0.2) is 0 Å². The molecule has 0 saturated carbocycles. The van der Waals surface area contributed by atoms with E-state index in [9.17, 15) is 0 Å². The summed E-state index contributed by atoms with van der Waals surface area (Å²) in [6.07, 6.45) is 1.90. The van der Waals surface area contributed by atoms with Gasteiger partial charge in [0, 0.05) is 12.6 Å². The van der Waals surface area contributed by atoms with Crippen molar-refractivity contribution in [1.29, 1.82) is 0 Å². The van der Waals surface area contributed by atoms with Crippen molar-refractivity contribution in [3.8, 4) is 0 Å². The standard InChI is InChI=1S/C9H22N4/c1-9(2,3)7(10)5-4-6-13-8(11)12/h7H,4-6,10H2,1-3H3,(H4,11,12,13)/t7-/m0/s1. The Morgan fingerprint density at radius 2 is 1.85 bits per heavy atom. The zero-order chi connectivity index (χ0) is 10.5. The Labute approximate surface area is 80.6 Å². The topological polar surface area (TPSA) is 90.4 Å². The van der Waals surface area contributed by atoms with Crippen molar-refractivity contribution in [1.82, 2.24) is 0 Å². The van der Waals surface area contributed by atoms with Gasteiger partial charge in [-0.2, -0.15) is 0 Å². The third-order valence-electron chi connectivity index (χ3n) is 2.08. The maximum absolute atomic E-state index is 5.96. The van der Waals surface area contributed by atoms with E-state index in [-0.39, 0.29) is 17.4 Å². The maximum Gasteiger partial charge on any atom is 0.185 e. The van der Waals surface area contributed by atoms with Crippen molar-refractivity contribution in [2.24, 2.45) is 27.6 Å². The van der Waals surface area contributed by atoms with Crippen LogP contribution in [0.3, 0.4) is 0 Å². The van der Waals surface area contributed by atoms with Gasteiger partial charge in [-0.1, -0.05) is 20.8 Å². The molecule has 0 radical (unpaired) electrons. The van der Waals surface area contributed by atoms with Crippen LogP contribution in [-0.2, 0) is 0 Å². The largest absolute Gasteiger partial charge is 0.370 e. The molecule has 0 aromatic carbocycles. The second-order valence-corrected chi connectivity index (χ2v) is 4.42. The zero-order valence-electron chi connectivity index (χ0n) is 8.88. The van der Waals surface area contributed by atoms with Gasteiger partial charge in [-0.15, -0.1) is 0 Å². The molecular weight excluding hydrogens is 164 g/mol. The smallest absolute Gasteiger partial charge is 0.185 e. The fourth-order valence-electron chi connectivity index (χ4n) is 0.952. The van der Waals surface area contributed by atoms with E-state index in [0.29, 0.717) is 6.54 Å². The van der Waals surface area contributed by atoms with Gasteiger partial charge in [0.05, 0.1) is 0 Å². The number of nitrogens with two attached hydrogens (primary N) is 3. The minimum absolute atomic E-state index is 0.157. The van der Waals surface area contributed by atoms with Gasteiger partial charge in [-0.05, 0) is 18.3 Å². The number of rotatable bonds is 4. The van der Waals surface area contributed by atoms with Crippen LogP contribution in [0.15, 0.2) is 4.99 Å². The summed E-state index contributed by atoms with van der Waals surface area (Å²) in [5, 5.41) is 0. The lowest BCUT2D eigenvalue weighted by molar-refractivity contribution is 0.302. The molecule has 0 rings (SSSR count). The molecule has 0 aromatic heterocycles. The molecular formula is C9H22N4. The average Bonchev–Trinajstić information content (AvgIpc) is 1.95. The highest BCUT2D eigenvalue weighted by molar-refractivity contribution is 5.75. The summed E-state index contributed by atoms with van der Waals surface area (Å²) < 4.78 is 0. The van der Waals surface area contributed by atoms with Crippen LogP contribution in [0.2, 0.25) is 0 Å². The summed E-state index contributed by atoms with van der Waals surface area (Å²) in [6.45, 7) is 7.08. The first-order valence-corrected chi connectivity index (χ1v) is 4.65. The van der Waals surface area contributed by atoms with E-state index in [4.69, 9.17) is 17.2 Å². The lowest BCUT2D eigenvalue weighted by atomic mass is 9.85. The van der Waals surface area contributed by atoms with Crippen molar-refractivity contribution >= 4 is 5.96 Å². The number of guanidine groups is 1. The summed E-state index contributed by atoms with van der Waals surface area (Å²) in [7, 11) is 0. The molecule has 0 heterocycles. The summed E-state index contributed by atoms with van der Waals surface area (Å²) >= 11 is 0. The Morgan fingerprint density at radius 1 is 1.31 bits per heavy atom. The van der Waals surface area contributed by atoms with E-state index in [2.05, 4.69) is 25.8 Å². The number of nitrogens with zero attached hydrogens (tertiary/aromatic N) is 1. The third kappa shape index (κ3) is 6.40. The van der Waals surface area contributed by atoms with Crippen LogP contribution in [0.25, 0.3) is 0 Å². The fraction of sp³-hybridized carbons (Fsp3) is 0.889. The second kappa shape index (κ2) is 5.07. The van der Waals surface area contributed by atoms with Crippen LogP contribution in [0.5, 0.6) is 0 Å². The SMILES string of the molecule is CC(C)(C)[C@@H](N)CCCN=C(N)N. The molecule has 0 unspecified atom stereocenters. The first kappa shape index (κ1) is 12.2. The molecule has 78 valence electrons. The van der Waals surface area contributed by atoms with Crippen LogP contribution in [-0.4, -0.2) is 18.5 Å². The Balaban J connectivity index is 3.60. The lowest BCUT2D eigenvalue weighted by Gasteiger charge is -2.26. The molecule has 4 heteroatoms. The van der Waals surface area contributed by atoms with Gasteiger partial charge in [0.15, 0.2) is 5.96 Å². The molecule has 0 bridgehead atoms. The van der Waals surface area contributed by atoms with Gasteiger partial charge >= 0.3 is 0 Å². The van der Waals surface area contributed by atoms with E-state index in [1.54, 1.807) is 0 Å². The van der Waals surface area contributed by atoms with Crippen molar-refractivity contribution in [3.63, 3.8) is 0 Å². The van der Waals surface area contributed by atoms with Gasteiger partial charge < -0.3 is 17.2 Å². The summed E-state index contributed by atoms with van der Waals surface area (Å²) in [6, 6.07) is 0.210. The van der Waals surface area contributed by atoms with Gasteiger partial charge in [0.1, 0.15) is 0 Å². The minimum Gasteiger partial charge on any atom is -0.370 e. The average molecular weight is 186 g/mol. The highest BCUT2D eigenvalue weighted by Crippen LogP contribution is 2.20. The van der Waals surface area contributed by atoms with Crippen molar-refractivity contribution in [3.05, 3.63) is 0 Å². The van der Waals surface area contributed by atoms with Gasteiger partial charge in [0.2, 0.25) is 0 Å². The zero-order valence-corrected chi connectivity index (χ0v) is 8.88. The molecule has 0 fully saturated rings.